The average Bonchev–Trinajstić information content (AvgIpc) is 3.12. The van der Waals surface area contributed by atoms with Gasteiger partial charge in [0.15, 0.2) is 0 Å². The second kappa shape index (κ2) is 11.0. The van der Waals surface area contributed by atoms with E-state index < -0.39 is 5.41 Å². The summed E-state index contributed by atoms with van der Waals surface area (Å²) in [6.45, 7) is 3.98. The summed E-state index contributed by atoms with van der Waals surface area (Å²) in [5, 5.41) is 0. The molecule has 0 aliphatic carbocycles. The lowest BCUT2D eigenvalue weighted by molar-refractivity contribution is -0.147. The molecule has 0 aromatic heterocycles. The Hall–Kier alpha value is -3.52. The Morgan fingerprint density at radius 3 is 2.36 bits per heavy atom. The van der Waals surface area contributed by atoms with Gasteiger partial charge in [-0.3, -0.25) is 24.1 Å². The lowest BCUT2D eigenvalue weighted by atomic mass is 9.75. The fourth-order valence-corrected chi connectivity index (χ4v) is 4.99. The molecular formula is C28H33N3O5. The molecule has 2 fully saturated rings. The third-order valence-corrected chi connectivity index (χ3v) is 7.08. The second-order valence-electron chi connectivity index (χ2n) is 9.61. The van der Waals surface area contributed by atoms with E-state index in [4.69, 9.17) is 4.74 Å². The smallest absolute Gasteiger partial charge is 0.242 e. The first kappa shape index (κ1) is 25.6. The maximum atomic E-state index is 13.6. The third kappa shape index (κ3) is 5.33. The molecule has 2 aromatic carbocycles. The minimum atomic E-state index is -1.26. The van der Waals surface area contributed by atoms with Crippen molar-refractivity contribution in [3.8, 4) is 0 Å². The summed E-state index contributed by atoms with van der Waals surface area (Å²) in [6.07, 6.45) is 0.327. The number of aryl methyl sites for hydroxylation is 1. The van der Waals surface area contributed by atoms with E-state index >= 15 is 0 Å². The molecule has 0 N–H and O–H groups in total. The summed E-state index contributed by atoms with van der Waals surface area (Å²) in [5.74, 6) is -1.06. The molecule has 1 atom stereocenters. The molecule has 8 nitrogen and oxygen atoms in total. The van der Waals surface area contributed by atoms with Crippen LogP contribution in [0.1, 0.15) is 36.0 Å². The van der Waals surface area contributed by atoms with Crippen LogP contribution in [0.15, 0.2) is 54.6 Å². The van der Waals surface area contributed by atoms with Gasteiger partial charge >= 0.3 is 0 Å². The molecule has 2 aromatic rings. The average molecular weight is 492 g/mol. The van der Waals surface area contributed by atoms with Crippen LogP contribution < -0.4 is 0 Å². The van der Waals surface area contributed by atoms with E-state index in [1.807, 2.05) is 37.3 Å². The van der Waals surface area contributed by atoms with E-state index in [-0.39, 0.29) is 49.6 Å². The van der Waals surface area contributed by atoms with Crippen LogP contribution >= 0.6 is 0 Å². The molecule has 2 heterocycles. The van der Waals surface area contributed by atoms with Gasteiger partial charge in [0, 0.05) is 52.7 Å². The topological polar surface area (TPSA) is 87.2 Å². The zero-order chi connectivity index (χ0) is 25.7. The van der Waals surface area contributed by atoms with Crippen molar-refractivity contribution in [2.75, 3.05) is 39.9 Å². The van der Waals surface area contributed by atoms with Crippen molar-refractivity contribution in [1.29, 1.82) is 0 Å². The van der Waals surface area contributed by atoms with Gasteiger partial charge in [-0.05, 0) is 24.5 Å². The molecule has 2 saturated heterocycles. The van der Waals surface area contributed by atoms with E-state index in [0.717, 1.165) is 11.1 Å². The summed E-state index contributed by atoms with van der Waals surface area (Å²) in [7, 11) is 1.57. The quantitative estimate of drug-likeness (QED) is 0.397. The summed E-state index contributed by atoms with van der Waals surface area (Å²) >= 11 is 0. The van der Waals surface area contributed by atoms with Crippen molar-refractivity contribution in [2.24, 2.45) is 0 Å². The van der Waals surface area contributed by atoms with Gasteiger partial charge in [-0.25, -0.2) is 0 Å². The molecule has 2 aliphatic rings. The van der Waals surface area contributed by atoms with Crippen LogP contribution in [0.2, 0.25) is 0 Å². The van der Waals surface area contributed by atoms with Gasteiger partial charge in [0.05, 0.1) is 12.0 Å². The number of methoxy groups -OCH3 is 1. The Kier molecular flexibility index (Phi) is 7.84. The zero-order valence-corrected chi connectivity index (χ0v) is 20.9. The fraction of sp³-hybridized carbons (Fsp3) is 0.429. The molecule has 0 saturated carbocycles. The Labute approximate surface area is 211 Å². The maximum absolute atomic E-state index is 13.6. The summed E-state index contributed by atoms with van der Waals surface area (Å²) in [4.78, 5) is 57.4. The van der Waals surface area contributed by atoms with Crippen molar-refractivity contribution < 1.29 is 23.9 Å². The number of benzene rings is 2. The second-order valence-corrected chi connectivity index (χ2v) is 9.61. The predicted octanol–water partition coefficient (Wildman–Crippen LogP) is 2.29. The molecule has 8 heteroatoms. The number of rotatable bonds is 9. The van der Waals surface area contributed by atoms with Crippen LogP contribution in [-0.2, 0) is 35.9 Å². The first-order chi connectivity index (χ1) is 17.3. The normalized spacial score (nSPS) is 20.4. The van der Waals surface area contributed by atoms with Crippen molar-refractivity contribution in [3.05, 3.63) is 71.3 Å². The number of nitrogens with zero attached hydrogens (tertiary/aromatic N) is 3. The van der Waals surface area contributed by atoms with E-state index in [1.54, 1.807) is 36.3 Å². The van der Waals surface area contributed by atoms with Crippen LogP contribution in [-0.4, -0.2) is 78.2 Å². The minimum absolute atomic E-state index is 0.0325. The number of imide groups is 1. The highest BCUT2D eigenvalue weighted by atomic mass is 16.5. The van der Waals surface area contributed by atoms with Crippen molar-refractivity contribution in [1.82, 2.24) is 14.7 Å². The van der Waals surface area contributed by atoms with Gasteiger partial charge < -0.3 is 14.5 Å². The predicted molar refractivity (Wildman–Crippen MR) is 134 cm³/mol. The van der Waals surface area contributed by atoms with Gasteiger partial charge in [-0.1, -0.05) is 60.2 Å². The molecule has 0 radical (unpaired) electrons. The highest BCUT2D eigenvalue weighted by Crippen LogP contribution is 2.40. The van der Waals surface area contributed by atoms with Crippen molar-refractivity contribution >= 4 is 23.6 Å². The van der Waals surface area contributed by atoms with Crippen LogP contribution in [0.5, 0.6) is 0 Å². The van der Waals surface area contributed by atoms with Gasteiger partial charge in [0.1, 0.15) is 0 Å². The van der Waals surface area contributed by atoms with E-state index in [2.05, 4.69) is 0 Å². The van der Waals surface area contributed by atoms with Gasteiger partial charge in [-0.2, -0.15) is 0 Å². The summed E-state index contributed by atoms with van der Waals surface area (Å²) in [5.41, 5.74) is 1.59. The van der Waals surface area contributed by atoms with Crippen LogP contribution in [0.25, 0.3) is 0 Å². The highest BCUT2D eigenvalue weighted by Gasteiger charge is 2.54. The summed E-state index contributed by atoms with van der Waals surface area (Å²) in [6, 6.07) is 17.1. The molecule has 2 aliphatic heterocycles. The number of likely N-dealkylation sites (tertiary alicyclic amines) is 1. The van der Waals surface area contributed by atoms with Gasteiger partial charge in [0.2, 0.25) is 23.6 Å². The fourth-order valence-electron chi connectivity index (χ4n) is 4.99. The molecule has 0 bridgehead atoms. The number of piperazine rings is 1. The number of ether oxygens (including phenoxy) is 1. The molecule has 190 valence electrons. The monoisotopic (exact) mass is 491 g/mol. The Morgan fingerprint density at radius 1 is 0.972 bits per heavy atom. The number of carbonyl (C=O) groups excluding carboxylic acids is 4. The standard InChI is InChI=1S/C28H33N3O5/c1-21-9-11-22(12-10-21)19-29-14-15-30(20-26(29)34)24(32)17-28(23-7-4-3-5-8-23)18-25(33)31(27(28)35)13-6-16-36-2/h3-5,7-12H,6,13-20H2,1-2H3. The largest absolute Gasteiger partial charge is 0.385 e. The van der Waals surface area contributed by atoms with Gasteiger partial charge in [0.25, 0.3) is 0 Å². The number of amides is 4. The maximum Gasteiger partial charge on any atom is 0.242 e. The first-order valence-electron chi connectivity index (χ1n) is 12.3. The van der Waals surface area contributed by atoms with Crippen molar-refractivity contribution in [3.63, 3.8) is 0 Å². The Morgan fingerprint density at radius 2 is 1.69 bits per heavy atom. The zero-order valence-electron chi connectivity index (χ0n) is 20.9. The Bertz CT molecular complexity index is 1120. The molecule has 0 spiro atoms. The highest BCUT2D eigenvalue weighted by molar-refractivity contribution is 6.10. The lowest BCUT2D eigenvalue weighted by Gasteiger charge is -2.36. The van der Waals surface area contributed by atoms with Crippen LogP contribution in [0, 0.1) is 6.92 Å². The third-order valence-electron chi connectivity index (χ3n) is 7.08. The van der Waals surface area contributed by atoms with E-state index in [1.165, 1.54) is 9.80 Å². The molecular weight excluding hydrogens is 458 g/mol. The van der Waals surface area contributed by atoms with Crippen molar-refractivity contribution in [2.45, 2.75) is 38.1 Å². The Balaban J connectivity index is 1.47. The number of hydrogen-bond donors (Lipinski definition) is 0. The van der Waals surface area contributed by atoms with Crippen LogP contribution in [0.4, 0.5) is 0 Å². The molecule has 1 unspecified atom stereocenters. The SMILES string of the molecule is COCCCN1C(=O)CC(CC(=O)N2CCN(Cc3ccc(C)cc3)C(=O)C2)(c2ccccc2)C1=O. The number of hydrogen-bond acceptors (Lipinski definition) is 5. The van der Waals surface area contributed by atoms with E-state index in [0.29, 0.717) is 38.2 Å². The molecule has 4 rings (SSSR count). The molecule has 4 amide bonds. The lowest BCUT2D eigenvalue weighted by Crippen LogP contribution is -2.53. The van der Waals surface area contributed by atoms with Crippen LogP contribution in [0.3, 0.4) is 0 Å². The van der Waals surface area contributed by atoms with E-state index in [9.17, 15) is 19.2 Å². The first-order valence-corrected chi connectivity index (χ1v) is 12.3. The van der Waals surface area contributed by atoms with Gasteiger partial charge in [-0.15, -0.1) is 0 Å². The number of carbonyl (C=O) groups is 4. The molecule has 36 heavy (non-hydrogen) atoms. The minimum Gasteiger partial charge on any atom is -0.385 e. The summed E-state index contributed by atoms with van der Waals surface area (Å²) < 4.78 is 5.07.